The number of rotatable bonds is 7. The Bertz CT molecular complexity index is 489. The average Bonchev–Trinajstić information content (AvgIpc) is 2.40. The molecule has 0 heterocycles. The molecule has 0 saturated carbocycles. The molecule has 1 aromatic rings. The number of hydrogen-bond acceptors (Lipinski definition) is 3. The fourth-order valence-corrected chi connectivity index (χ4v) is 1.99. The number of benzene rings is 1. The molecule has 20 heavy (non-hydrogen) atoms. The molecule has 0 amide bonds. The summed E-state index contributed by atoms with van der Waals surface area (Å²) in [6.07, 6.45) is 0. The van der Waals surface area contributed by atoms with Crippen molar-refractivity contribution in [1.82, 2.24) is 5.32 Å². The second kappa shape index (κ2) is 8.73. The quantitative estimate of drug-likeness (QED) is 0.781. The van der Waals surface area contributed by atoms with Crippen molar-refractivity contribution in [2.75, 3.05) is 20.3 Å². The summed E-state index contributed by atoms with van der Waals surface area (Å²) < 4.78 is 10.9. The van der Waals surface area contributed by atoms with Gasteiger partial charge in [-0.05, 0) is 37.1 Å². The predicted molar refractivity (Wildman–Crippen MR) is 83.5 cm³/mol. The van der Waals surface area contributed by atoms with E-state index in [0.717, 1.165) is 18.7 Å². The molecule has 4 heteroatoms. The first-order chi connectivity index (χ1) is 9.58. The van der Waals surface area contributed by atoms with Gasteiger partial charge in [-0.25, -0.2) is 0 Å². The molecule has 1 rings (SSSR count). The van der Waals surface area contributed by atoms with E-state index in [1.807, 2.05) is 12.1 Å². The van der Waals surface area contributed by atoms with Crippen LogP contribution in [-0.4, -0.2) is 20.3 Å². The Morgan fingerprint density at radius 3 is 2.70 bits per heavy atom. The molecule has 0 aliphatic carbocycles. The summed E-state index contributed by atoms with van der Waals surface area (Å²) in [5, 5.41) is 3.92. The Kier molecular flexibility index (Phi) is 7.28. The van der Waals surface area contributed by atoms with Crippen LogP contribution in [0.3, 0.4) is 0 Å². The molecule has 1 aromatic carbocycles. The van der Waals surface area contributed by atoms with Gasteiger partial charge in [0, 0.05) is 6.54 Å². The maximum atomic E-state index is 6.25. The largest absolute Gasteiger partial charge is 0.493 e. The van der Waals surface area contributed by atoms with Crippen LogP contribution >= 0.6 is 11.6 Å². The average molecular weight is 296 g/mol. The van der Waals surface area contributed by atoms with E-state index in [1.54, 1.807) is 14.0 Å². The highest BCUT2D eigenvalue weighted by Crippen LogP contribution is 2.36. The molecular weight excluding hydrogens is 274 g/mol. The van der Waals surface area contributed by atoms with Crippen LogP contribution in [0.5, 0.6) is 11.5 Å². The number of halogens is 1. The summed E-state index contributed by atoms with van der Waals surface area (Å²) in [7, 11) is 1.61. The van der Waals surface area contributed by atoms with Crippen LogP contribution in [0.2, 0.25) is 5.02 Å². The topological polar surface area (TPSA) is 30.5 Å². The minimum Gasteiger partial charge on any atom is -0.493 e. The van der Waals surface area contributed by atoms with Crippen molar-refractivity contribution in [3.8, 4) is 23.3 Å². The minimum absolute atomic E-state index is 0.303. The lowest BCUT2D eigenvalue weighted by molar-refractivity contribution is 0.330. The van der Waals surface area contributed by atoms with Gasteiger partial charge in [0.1, 0.15) is 6.61 Å². The first kappa shape index (κ1) is 16.7. The van der Waals surface area contributed by atoms with E-state index in [2.05, 4.69) is 31.0 Å². The number of hydrogen-bond donors (Lipinski definition) is 1. The van der Waals surface area contributed by atoms with Crippen molar-refractivity contribution >= 4 is 11.6 Å². The number of nitrogens with one attached hydrogen (secondary N) is 1. The monoisotopic (exact) mass is 295 g/mol. The molecule has 0 fully saturated rings. The van der Waals surface area contributed by atoms with E-state index in [4.69, 9.17) is 21.1 Å². The van der Waals surface area contributed by atoms with Gasteiger partial charge in [0.25, 0.3) is 0 Å². The van der Waals surface area contributed by atoms with E-state index in [-0.39, 0.29) is 0 Å². The lowest BCUT2D eigenvalue weighted by Crippen LogP contribution is -2.19. The Morgan fingerprint density at radius 1 is 1.35 bits per heavy atom. The fraction of sp³-hybridized carbons (Fsp3) is 0.500. The van der Waals surface area contributed by atoms with Crippen molar-refractivity contribution in [2.24, 2.45) is 5.92 Å². The van der Waals surface area contributed by atoms with Gasteiger partial charge < -0.3 is 14.8 Å². The zero-order valence-corrected chi connectivity index (χ0v) is 13.3. The molecular formula is C16H22ClNO2. The van der Waals surface area contributed by atoms with E-state index in [0.29, 0.717) is 29.0 Å². The van der Waals surface area contributed by atoms with Gasteiger partial charge in [-0.3, -0.25) is 0 Å². The molecule has 0 bridgehead atoms. The van der Waals surface area contributed by atoms with Crippen LogP contribution in [0.25, 0.3) is 0 Å². The van der Waals surface area contributed by atoms with Crippen LogP contribution in [0.1, 0.15) is 26.3 Å². The molecule has 0 spiro atoms. The summed E-state index contributed by atoms with van der Waals surface area (Å²) in [5.74, 6) is 7.41. The van der Waals surface area contributed by atoms with Crippen molar-refractivity contribution in [2.45, 2.75) is 27.3 Å². The first-order valence-electron chi connectivity index (χ1n) is 6.68. The lowest BCUT2D eigenvalue weighted by atomic mass is 10.1. The van der Waals surface area contributed by atoms with Gasteiger partial charge in [-0.15, -0.1) is 5.92 Å². The van der Waals surface area contributed by atoms with Crippen molar-refractivity contribution < 1.29 is 9.47 Å². The first-order valence-corrected chi connectivity index (χ1v) is 7.05. The molecule has 0 aliphatic heterocycles. The van der Waals surface area contributed by atoms with E-state index in [9.17, 15) is 0 Å². The standard InChI is InChI=1S/C16H22ClNO2/c1-5-6-7-20-16-14(17)8-13(9-15(16)19-4)11-18-10-12(2)3/h8-9,12,18H,7,10-11H2,1-4H3. The molecule has 1 N–H and O–H groups in total. The van der Waals surface area contributed by atoms with Crippen molar-refractivity contribution in [1.29, 1.82) is 0 Å². The van der Waals surface area contributed by atoms with Crippen LogP contribution in [0.4, 0.5) is 0 Å². The summed E-state index contributed by atoms with van der Waals surface area (Å²) in [5.41, 5.74) is 1.07. The molecule has 3 nitrogen and oxygen atoms in total. The number of ether oxygens (including phenoxy) is 2. The minimum atomic E-state index is 0.303. The van der Waals surface area contributed by atoms with Crippen LogP contribution < -0.4 is 14.8 Å². The van der Waals surface area contributed by atoms with Crippen LogP contribution in [0.15, 0.2) is 12.1 Å². The lowest BCUT2D eigenvalue weighted by Gasteiger charge is -2.14. The molecule has 0 aromatic heterocycles. The van der Waals surface area contributed by atoms with Gasteiger partial charge in [-0.1, -0.05) is 31.4 Å². The van der Waals surface area contributed by atoms with Gasteiger partial charge in [0.2, 0.25) is 0 Å². The molecule has 0 unspecified atom stereocenters. The van der Waals surface area contributed by atoms with Crippen molar-refractivity contribution in [3.05, 3.63) is 22.7 Å². The van der Waals surface area contributed by atoms with Crippen LogP contribution in [-0.2, 0) is 6.54 Å². The predicted octanol–water partition coefficient (Wildman–Crippen LogP) is 3.50. The van der Waals surface area contributed by atoms with E-state index < -0.39 is 0 Å². The highest BCUT2D eigenvalue weighted by molar-refractivity contribution is 6.32. The zero-order valence-electron chi connectivity index (χ0n) is 12.5. The normalized spacial score (nSPS) is 10.1. The zero-order chi connectivity index (χ0) is 15.0. The highest BCUT2D eigenvalue weighted by Gasteiger charge is 2.11. The second-order valence-corrected chi connectivity index (χ2v) is 5.26. The van der Waals surface area contributed by atoms with E-state index >= 15 is 0 Å². The molecule has 0 atom stereocenters. The smallest absolute Gasteiger partial charge is 0.181 e. The second-order valence-electron chi connectivity index (χ2n) is 4.85. The third-order valence-corrected chi connectivity index (χ3v) is 2.92. The summed E-state index contributed by atoms with van der Waals surface area (Å²) in [4.78, 5) is 0. The summed E-state index contributed by atoms with van der Waals surface area (Å²) >= 11 is 6.25. The van der Waals surface area contributed by atoms with E-state index in [1.165, 1.54) is 0 Å². The Hall–Kier alpha value is -1.37. The molecule has 0 radical (unpaired) electrons. The highest BCUT2D eigenvalue weighted by atomic mass is 35.5. The van der Waals surface area contributed by atoms with Crippen molar-refractivity contribution in [3.63, 3.8) is 0 Å². The Labute approximate surface area is 126 Å². The fourth-order valence-electron chi connectivity index (χ4n) is 1.70. The Balaban J connectivity index is 2.80. The third kappa shape index (κ3) is 5.32. The van der Waals surface area contributed by atoms with Gasteiger partial charge in [0.05, 0.1) is 12.1 Å². The third-order valence-electron chi connectivity index (χ3n) is 2.64. The van der Waals surface area contributed by atoms with Gasteiger partial charge >= 0.3 is 0 Å². The molecule has 0 aliphatic rings. The Morgan fingerprint density at radius 2 is 2.10 bits per heavy atom. The maximum absolute atomic E-state index is 6.25. The SMILES string of the molecule is CC#CCOc1c(Cl)cc(CNCC(C)C)cc1OC. The van der Waals surface area contributed by atoms with Gasteiger partial charge in [-0.2, -0.15) is 0 Å². The van der Waals surface area contributed by atoms with Gasteiger partial charge in [0.15, 0.2) is 11.5 Å². The maximum Gasteiger partial charge on any atom is 0.181 e. The molecule has 0 saturated heterocycles. The summed E-state index contributed by atoms with van der Waals surface area (Å²) in [6.45, 7) is 8.13. The summed E-state index contributed by atoms with van der Waals surface area (Å²) in [6, 6.07) is 3.83. The van der Waals surface area contributed by atoms with Crippen LogP contribution in [0, 0.1) is 17.8 Å². The molecule has 110 valence electrons. The number of methoxy groups -OCH3 is 1.